The van der Waals surface area contributed by atoms with E-state index in [1.807, 2.05) is 51.1 Å². The second kappa shape index (κ2) is 7.09. The molecule has 5 heteroatoms. The predicted molar refractivity (Wildman–Crippen MR) is 111 cm³/mol. The highest BCUT2D eigenvalue weighted by atomic mass is 16.3. The first kappa shape index (κ1) is 18.2. The molecule has 0 radical (unpaired) electrons. The Labute approximate surface area is 163 Å². The molecule has 2 aromatic heterocycles. The molecule has 0 saturated carbocycles. The summed E-state index contributed by atoms with van der Waals surface area (Å²) in [5.41, 5.74) is 6.31. The zero-order chi connectivity index (χ0) is 19.8. The molecular weight excluding hydrogens is 350 g/mol. The molecule has 0 unspecified atom stereocenters. The molecule has 0 fully saturated rings. The lowest BCUT2D eigenvalue weighted by atomic mass is 10.0. The summed E-state index contributed by atoms with van der Waals surface area (Å²) in [7, 11) is 0. The predicted octanol–water partition coefficient (Wildman–Crippen LogP) is 3.82. The molecule has 0 aliphatic carbocycles. The molecule has 2 aromatic carbocycles. The molecule has 2 heterocycles. The van der Waals surface area contributed by atoms with E-state index in [0.717, 1.165) is 33.5 Å². The Morgan fingerprint density at radius 1 is 0.964 bits per heavy atom. The minimum absolute atomic E-state index is 0.169. The van der Waals surface area contributed by atoms with Gasteiger partial charge < -0.3 is 9.67 Å². The number of hydrogen-bond acceptors (Lipinski definition) is 3. The van der Waals surface area contributed by atoms with Gasteiger partial charge in [-0.3, -0.25) is 4.79 Å². The normalized spacial score (nSPS) is 12.4. The van der Waals surface area contributed by atoms with Crippen LogP contribution in [0.2, 0.25) is 0 Å². The summed E-state index contributed by atoms with van der Waals surface area (Å²) in [6.07, 6.45) is 2.68. The number of aliphatic hydroxyl groups is 1. The first-order valence-electron chi connectivity index (χ1n) is 9.33. The molecule has 1 N–H and O–H groups in total. The van der Waals surface area contributed by atoms with Gasteiger partial charge in [0.25, 0.3) is 5.56 Å². The van der Waals surface area contributed by atoms with Crippen molar-refractivity contribution in [1.29, 1.82) is 0 Å². The van der Waals surface area contributed by atoms with Gasteiger partial charge in [-0.15, -0.1) is 0 Å². The van der Waals surface area contributed by atoms with E-state index >= 15 is 0 Å². The van der Waals surface area contributed by atoms with Crippen molar-refractivity contribution in [1.82, 2.24) is 14.2 Å². The lowest BCUT2D eigenvalue weighted by molar-refractivity contribution is 0.155. The van der Waals surface area contributed by atoms with Crippen molar-refractivity contribution in [2.24, 2.45) is 0 Å². The van der Waals surface area contributed by atoms with Gasteiger partial charge in [-0.1, -0.05) is 47.5 Å². The van der Waals surface area contributed by atoms with E-state index in [1.165, 1.54) is 4.57 Å². The summed E-state index contributed by atoms with van der Waals surface area (Å²) < 4.78 is 3.14. The molecule has 142 valence electrons. The molecule has 5 nitrogen and oxygen atoms in total. The highest BCUT2D eigenvalue weighted by molar-refractivity contribution is 5.69. The van der Waals surface area contributed by atoms with Crippen LogP contribution in [0.15, 0.2) is 65.7 Å². The maximum absolute atomic E-state index is 12.9. The van der Waals surface area contributed by atoms with E-state index in [0.29, 0.717) is 5.52 Å². The minimum Gasteiger partial charge on any atom is -0.387 e. The summed E-state index contributed by atoms with van der Waals surface area (Å²) in [6, 6.07) is 15.7. The second-order valence-electron chi connectivity index (χ2n) is 7.36. The fourth-order valence-electron chi connectivity index (χ4n) is 3.39. The summed E-state index contributed by atoms with van der Waals surface area (Å²) in [6.45, 7) is 6.28. The smallest absolute Gasteiger partial charge is 0.276 e. The van der Waals surface area contributed by atoms with Crippen LogP contribution in [0.3, 0.4) is 0 Å². The van der Waals surface area contributed by atoms with Crippen LogP contribution in [0.25, 0.3) is 16.8 Å². The zero-order valence-corrected chi connectivity index (χ0v) is 16.3. The molecule has 28 heavy (non-hydrogen) atoms. The van der Waals surface area contributed by atoms with Crippen molar-refractivity contribution >= 4 is 5.52 Å². The summed E-state index contributed by atoms with van der Waals surface area (Å²) in [5.74, 6) is 0. The third-order valence-electron chi connectivity index (χ3n) is 5.10. The molecule has 0 aliphatic rings. The second-order valence-corrected chi connectivity index (χ2v) is 7.36. The van der Waals surface area contributed by atoms with E-state index in [1.54, 1.807) is 16.9 Å². The van der Waals surface area contributed by atoms with Crippen molar-refractivity contribution in [2.45, 2.75) is 33.4 Å². The van der Waals surface area contributed by atoms with Gasteiger partial charge in [-0.25, -0.2) is 4.52 Å². The zero-order valence-electron chi connectivity index (χ0n) is 16.3. The maximum atomic E-state index is 12.9. The highest BCUT2D eigenvalue weighted by Gasteiger charge is 2.14. The Morgan fingerprint density at radius 3 is 2.43 bits per heavy atom. The molecule has 1 atom stereocenters. The van der Waals surface area contributed by atoms with Crippen molar-refractivity contribution < 1.29 is 5.11 Å². The van der Waals surface area contributed by atoms with E-state index in [4.69, 9.17) is 0 Å². The van der Waals surface area contributed by atoms with Crippen molar-refractivity contribution in [3.8, 4) is 11.3 Å². The van der Waals surface area contributed by atoms with Gasteiger partial charge in [0.1, 0.15) is 5.52 Å². The monoisotopic (exact) mass is 373 g/mol. The van der Waals surface area contributed by atoms with Gasteiger partial charge in [0.05, 0.1) is 18.3 Å². The number of aromatic nitrogens is 3. The van der Waals surface area contributed by atoms with Gasteiger partial charge in [0.2, 0.25) is 0 Å². The Bertz CT molecular complexity index is 1200. The van der Waals surface area contributed by atoms with Crippen LogP contribution >= 0.6 is 0 Å². The molecule has 0 spiro atoms. The standard InChI is InChI=1S/C23H23N3O2/c1-15-5-8-18(9-6-15)22(27)14-25-10-11-26-21(23(25)28)13-20(24-26)19-12-16(2)4-7-17(19)3/h4-13,22,27H,14H2,1-3H3/t22-/m0/s1. The Kier molecular flexibility index (Phi) is 4.61. The van der Waals surface area contributed by atoms with Crippen molar-refractivity contribution in [3.05, 3.63) is 93.5 Å². The largest absolute Gasteiger partial charge is 0.387 e. The lowest BCUT2D eigenvalue weighted by Crippen LogP contribution is -2.24. The van der Waals surface area contributed by atoms with Gasteiger partial charge in [0.15, 0.2) is 0 Å². The van der Waals surface area contributed by atoms with E-state index in [2.05, 4.69) is 23.3 Å². The molecule has 0 saturated heterocycles. The number of fused-ring (bicyclic) bond motifs is 1. The number of benzene rings is 2. The van der Waals surface area contributed by atoms with Crippen LogP contribution in [-0.2, 0) is 6.54 Å². The number of aliphatic hydroxyl groups excluding tert-OH is 1. The van der Waals surface area contributed by atoms with E-state index in [-0.39, 0.29) is 12.1 Å². The van der Waals surface area contributed by atoms with E-state index in [9.17, 15) is 9.90 Å². The molecule has 0 bridgehead atoms. The molecule has 4 rings (SSSR count). The fourth-order valence-corrected chi connectivity index (χ4v) is 3.39. The Hall–Kier alpha value is -3.18. The number of nitrogens with zero attached hydrogens (tertiary/aromatic N) is 3. The van der Waals surface area contributed by atoms with Gasteiger partial charge >= 0.3 is 0 Å². The first-order chi connectivity index (χ1) is 13.4. The van der Waals surface area contributed by atoms with Gasteiger partial charge in [-0.05, 0) is 44.0 Å². The van der Waals surface area contributed by atoms with Crippen LogP contribution < -0.4 is 5.56 Å². The fraction of sp³-hybridized carbons (Fsp3) is 0.217. The number of rotatable bonds is 4. The molecule has 0 amide bonds. The average molecular weight is 373 g/mol. The van der Waals surface area contributed by atoms with Crippen LogP contribution in [0.4, 0.5) is 0 Å². The number of hydrogen-bond donors (Lipinski definition) is 1. The molecule has 0 aliphatic heterocycles. The number of aryl methyl sites for hydroxylation is 3. The lowest BCUT2D eigenvalue weighted by Gasteiger charge is -2.13. The Morgan fingerprint density at radius 2 is 1.68 bits per heavy atom. The quantitative estimate of drug-likeness (QED) is 0.592. The van der Waals surface area contributed by atoms with Crippen LogP contribution in [-0.4, -0.2) is 19.3 Å². The third kappa shape index (κ3) is 3.37. The van der Waals surface area contributed by atoms with Gasteiger partial charge in [-0.2, -0.15) is 5.10 Å². The van der Waals surface area contributed by atoms with Gasteiger partial charge in [0, 0.05) is 18.0 Å². The average Bonchev–Trinajstić information content (AvgIpc) is 3.11. The van der Waals surface area contributed by atoms with Crippen LogP contribution in [0.1, 0.15) is 28.4 Å². The molecular formula is C23H23N3O2. The van der Waals surface area contributed by atoms with Crippen molar-refractivity contribution in [3.63, 3.8) is 0 Å². The SMILES string of the molecule is Cc1ccc([C@@H](O)Cn2ccn3nc(-c4cc(C)ccc4C)cc3c2=O)cc1. The molecule has 4 aromatic rings. The van der Waals surface area contributed by atoms with Crippen LogP contribution in [0.5, 0.6) is 0 Å². The Balaban J connectivity index is 1.70. The van der Waals surface area contributed by atoms with Crippen molar-refractivity contribution in [2.75, 3.05) is 0 Å². The summed E-state index contributed by atoms with van der Waals surface area (Å²) in [5, 5.41) is 15.1. The topological polar surface area (TPSA) is 59.5 Å². The van der Waals surface area contributed by atoms with Crippen LogP contribution in [0, 0.1) is 20.8 Å². The minimum atomic E-state index is -0.748. The first-order valence-corrected chi connectivity index (χ1v) is 9.33. The summed E-state index contributed by atoms with van der Waals surface area (Å²) >= 11 is 0. The van der Waals surface area contributed by atoms with E-state index < -0.39 is 6.10 Å². The summed E-state index contributed by atoms with van der Waals surface area (Å²) in [4.78, 5) is 12.9. The maximum Gasteiger partial charge on any atom is 0.276 e. The third-order valence-corrected chi connectivity index (χ3v) is 5.10. The highest BCUT2D eigenvalue weighted by Crippen LogP contribution is 2.24.